The van der Waals surface area contributed by atoms with Crippen LogP contribution in [0, 0.1) is 5.92 Å². The number of rotatable bonds is 7. The van der Waals surface area contributed by atoms with Gasteiger partial charge in [-0.2, -0.15) is 0 Å². The molecule has 1 aliphatic carbocycles. The van der Waals surface area contributed by atoms with E-state index in [1.165, 1.54) is 18.4 Å². The zero-order valence-electron chi connectivity index (χ0n) is 11.9. The predicted octanol–water partition coefficient (Wildman–Crippen LogP) is 2.48. The van der Waals surface area contributed by atoms with Gasteiger partial charge in [0.05, 0.1) is 6.54 Å². The highest BCUT2D eigenvalue weighted by atomic mass is 35.5. The fraction of sp³-hybridized carbons (Fsp3) is 0.438. The minimum atomic E-state index is 0.0634. The van der Waals surface area contributed by atoms with E-state index >= 15 is 0 Å². The lowest BCUT2D eigenvalue weighted by molar-refractivity contribution is -0.120. The molecule has 0 unspecified atom stereocenters. The number of benzene rings is 1. The molecule has 3 rings (SSSR count). The average Bonchev–Trinajstić information content (AvgIpc) is 3.20. The number of aromatic amines is 1. The third kappa shape index (κ3) is 3.99. The van der Waals surface area contributed by atoms with Crippen molar-refractivity contribution in [2.75, 3.05) is 19.6 Å². The van der Waals surface area contributed by atoms with E-state index in [2.05, 4.69) is 15.6 Å². The van der Waals surface area contributed by atoms with Crippen LogP contribution in [0.15, 0.2) is 24.4 Å². The summed E-state index contributed by atoms with van der Waals surface area (Å²) in [5.41, 5.74) is 2.26. The highest BCUT2D eigenvalue weighted by molar-refractivity contribution is 6.31. The first-order valence-corrected chi connectivity index (χ1v) is 7.83. The molecule has 1 fully saturated rings. The van der Waals surface area contributed by atoms with E-state index in [0.717, 1.165) is 34.8 Å². The standard InChI is InChI=1S/C16H20ClN3O/c17-13-3-4-15-14(7-13)12(9-20-15)5-6-19-16(21)10-18-8-11-1-2-11/h3-4,7,9,11,18,20H,1-2,5-6,8,10H2,(H,19,21). The molecule has 0 bridgehead atoms. The number of amides is 1. The molecule has 112 valence electrons. The van der Waals surface area contributed by atoms with Gasteiger partial charge in [0.15, 0.2) is 0 Å². The normalized spacial score (nSPS) is 14.5. The van der Waals surface area contributed by atoms with Crippen molar-refractivity contribution >= 4 is 28.4 Å². The van der Waals surface area contributed by atoms with Crippen molar-refractivity contribution < 1.29 is 4.79 Å². The number of aromatic nitrogens is 1. The molecule has 0 radical (unpaired) electrons. The van der Waals surface area contributed by atoms with Crippen LogP contribution in [-0.4, -0.2) is 30.5 Å². The molecular weight excluding hydrogens is 286 g/mol. The summed E-state index contributed by atoms with van der Waals surface area (Å²) in [4.78, 5) is 14.9. The van der Waals surface area contributed by atoms with E-state index in [-0.39, 0.29) is 5.91 Å². The lowest BCUT2D eigenvalue weighted by atomic mass is 10.1. The van der Waals surface area contributed by atoms with Gasteiger partial charge in [0, 0.05) is 28.7 Å². The van der Waals surface area contributed by atoms with Crippen LogP contribution in [0.2, 0.25) is 5.02 Å². The SMILES string of the molecule is O=C(CNCC1CC1)NCCc1c[nH]c2ccc(Cl)cc12. The predicted molar refractivity (Wildman–Crippen MR) is 85.6 cm³/mol. The maximum Gasteiger partial charge on any atom is 0.233 e. The molecule has 1 saturated carbocycles. The van der Waals surface area contributed by atoms with Crippen LogP contribution in [0.4, 0.5) is 0 Å². The van der Waals surface area contributed by atoms with Crippen LogP contribution < -0.4 is 10.6 Å². The Balaban J connectivity index is 1.45. The first-order chi connectivity index (χ1) is 10.2. The van der Waals surface area contributed by atoms with Gasteiger partial charge in [-0.05, 0) is 55.5 Å². The van der Waals surface area contributed by atoms with Gasteiger partial charge < -0.3 is 15.6 Å². The molecule has 1 aromatic carbocycles. The van der Waals surface area contributed by atoms with E-state index < -0.39 is 0 Å². The summed E-state index contributed by atoms with van der Waals surface area (Å²) in [6.45, 7) is 2.02. The lowest BCUT2D eigenvalue weighted by Crippen LogP contribution is -2.35. The zero-order valence-corrected chi connectivity index (χ0v) is 12.7. The monoisotopic (exact) mass is 305 g/mol. The Labute approximate surface area is 129 Å². The molecule has 3 N–H and O–H groups in total. The number of hydrogen-bond acceptors (Lipinski definition) is 2. The second-order valence-corrected chi connectivity index (χ2v) is 6.11. The van der Waals surface area contributed by atoms with Crippen LogP contribution in [0.3, 0.4) is 0 Å². The van der Waals surface area contributed by atoms with Gasteiger partial charge in [-0.1, -0.05) is 11.6 Å². The second kappa shape index (κ2) is 6.50. The van der Waals surface area contributed by atoms with E-state index in [0.29, 0.717) is 13.1 Å². The maximum absolute atomic E-state index is 11.7. The first kappa shape index (κ1) is 14.4. The molecular formula is C16H20ClN3O. The molecule has 0 atom stereocenters. The largest absolute Gasteiger partial charge is 0.361 e. The Hall–Kier alpha value is -1.52. The number of nitrogens with one attached hydrogen (secondary N) is 3. The van der Waals surface area contributed by atoms with Crippen molar-refractivity contribution in [3.63, 3.8) is 0 Å². The topological polar surface area (TPSA) is 56.9 Å². The summed E-state index contributed by atoms with van der Waals surface area (Å²) >= 11 is 6.03. The van der Waals surface area contributed by atoms with Crippen LogP contribution in [0.5, 0.6) is 0 Å². The van der Waals surface area contributed by atoms with Crippen molar-refractivity contribution in [2.24, 2.45) is 5.92 Å². The van der Waals surface area contributed by atoms with Crippen LogP contribution in [0.25, 0.3) is 10.9 Å². The lowest BCUT2D eigenvalue weighted by Gasteiger charge is -2.06. The number of halogens is 1. The highest BCUT2D eigenvalue weighted by Crippen LogP contribution is 2.27. The van der Waals surface area contributed by atoms with Crippen LogP contribution in [0.1, 0.15) is 18.4 Å². The minimum absolute atomic E-state index is 0.0634. The fourth-order valence-corrected chi connectivity index (χ4v) is 2.64. The molecule has 1 heterocycles. The van der Waals surface area contributed by atoms with Gasteiger partial charge in [0.1, 0.15) is 0 Å². The Morgan fingerprint density at radius 2 is 2.24 bits per heavy atom. The van der Waals surface area contributed by atoms with Gasteiger partial charge in [-0.25, -0.2) is 0 Å². The summed E-state index contributed by atoms with van der Waals surface area (Å²) < 4.78 is 0. The number of carbonyl (C=O) groups is 1. The van der Waals surface area contributed by atoms with Crippen LogP contribution in [-0.2, 0) is 11.2 Å². The Bertz CT molecular complexity index is 633. The smallest absolute Gasteiger partial charge is 0.233 e. The van der Waals surface area contributed by atoms with E-state index in [9.17, 15) is 4.79 Å². The third-order valence-corrected chi connectivity index (χ3v) is 4.10. The molecule has 0 saturated heterocycles. The van der Waals surface area contributed by atoms with Gasteiger partial charge in [0.25, 0.3) is 0 Å². The average molecular weight is 306 g/mol. The quantitative estimate of drug-likeness (QED) is 0.736. The molecule has 5 heteroatoms. The van der Waals surface area contributed by atoms with Gasteiger partial charge in [0.2, 0.25) is 5.91 Å². The summed E-state index contributed by atoms with van der Waals surface area (Å²) in [5.74, 6) is 0.863. The van der Waals surface area contributed by atoms with Gasteiger partial charge in [-0.15, -0.1) is 0 Å². The maximum atomic E-state index is 11.7. The summed E-state index contributed by atoms with van der Waals surface area (Å²) in [6.07, 6.45) is 5.39. The summed E-state index contributed by atoms with van der Waals surface area (Å²) in [7, 11) is 0. The molecule has 1 aliphatic rings. The number of hydrogen-bond donors (Lipinski definition) is 3. The molecule has 0 spiro atoms. The zero-order chi connectivity index (χ0) is 14.7. The van der Waals surface area contributed by atoms with Crippen molar-refractivity contribution in [3.8, 4) is 0 Å². The first-order valence-electron chi connectivity index (χ1n) is 7.45. The molecule has 2 aromatic rings. The number of fused-ring (bicyclic) bond motifs is 1. The van der Waals surface area contributed by atoms with Crippen molar-refractivity contribution in [1.29, 1.82) is 0 Å². The van der Waals surface area contributed by atoms with Gasteiger partial charge in [-0.3, -0.25) is 4.79 Å². The molecule has 4 nitrogen and oxygen atoms in total. The summed E-state index contributed by atoms with van der Waals surface area (Å²) in [5, 5.41) is 8.00. The van der Waals surface area contributed by atoms with Crippen molar-refractivity contribution in [3.05, 3.63) is 35.0 Å². The third-order valence-electron chi connectivity index (χ3n) is 3.86. The Morgan fingerprint density at radius 3 is 3.05 bits per heavy atom. The summed E-state index contributed by atoms with van der Waals surface area (Å²) in [6, 6.07) is 5.81. The Morgan fingerprint density at radius 1 is 1.38 bits per heavy atom. The molecule has 1 amide bonds. The number of H-pyrrole nitrogens is 1. The van der Waals surface area contributed by atoms with Crippen LogP contribution >= 0.6 is 11.6 Å². The second-order valence-electron chi connectivity index (χ2n) is 5.68. The Kier molecular flexibility index (Phi) is 4.46. The van der Waals surface area contributed by atoms with Crippen molar-refractivity contribution in [1.82, 2.24) is 15.6 Å². The van der Waals surface area contributed by atoms with Crippen molar-refractivity contribution in [2.45, 2.75) is 19.3 Å². The molecule has 21 heavy (non-hydrogen) atoms. The fourth-order valence-electron chi connectivity index (χ4n) is 2.47. The minimum Gasteiger partial charge on any atom is -0.361 e. The molecule has 1 aromatic heterocycles. The highest BCUT2D eigenvalue weighted by Gasteiger charge is 2.20. The van der Waals surface area contributed by atoms with E-state index in [1.54, 1.807) is 0 Å². The van der Waals surface area contributed by atoms with Gasteiger partial charge >= 0.3 is 0 Å². The molecule has 0 aliphatic heterocycles. The van der Waals surface area contributed by atoms with E-state index in [4.69, 9.17) is 11.6 Å². The number of carbonyl (C=O) groups excluding carboxylic acids is 1. The van der Waals surface area contributed by atoms with E-state index in [1.807, 2.05) is 24.4 Å².